The fourth-order valence-electron chi connectivity index (χ4n) is 1.90. The Morgan fingerprint density at radius 2 is 2.32 bits per heavy atom. The van der Waals surface area contributed by atoms with Crippen LogP contribution in [0.15, 0.2) is 12.3 Å². The normalized spacial score (nSPS) is 17.7. The molecule has 1 aliphatic carbocycles. The maximum absolute atomic E-state index is 12.8. The summed E-state index contributed by atoms with van der Waals surface area (Å²) in [5, 5.41) is 3.06. The van der Waals surface area contributed by atoms with Crippen molar-refractivity contribution >= 4 is 23.3 Å². The molecule has 4 nitrogen and oxygen atoms in total. The first kappa shape index (κ1) is 14.0. The summed E-state index contributed by atoms with van der Waals surface area (Å²) in [6, 6.07) is 1.06. The van der Waals surface area contributed by atoms with Gasteiger partial charge in [0.2, 0.25) is 0 Å². The van der Waals surface area contributed by atoms with E-state index >= 15 is 0 Å². The SMILES string of the molecule is CCOC(=O)c1cnc(Cl)cc1NC1CC(F)(F)C1. The van der Waals surface area contributed by atoms with E-state index in [1.807, 2.05) is 0 Å². The molecule has 2 rings (SSSR count). The van der Waals surface area contributed by atoms with E-state index < -0.39 is 11.9 Å². The quantitative estimate of drug-likeness (QED) is 0.684. The lowest BCUT2D eigenvalue weighted by molar-refractivity contribution is -0.0793. The van der Waals surface area contributed by atoms with Gasteiger partial charge in [-0.2, -0.15) is 0 Å². The van der Waals surface area contributed by atoms with Gasteiger partial charge in [0, 0.05) is 25.1 Å². The molecule has 0 amide bonds. The van der Waals surface area contributed by atoms with Crippen LogP contribution in [-0.4, -0.2) is 29.5 Å². The first-order valence-electron chi connectivity index (χ1n) is 5.88. The van der Waals surface area contributed by atoms with E-state index in [2.05, 4.69) is 10.3 Å². The molecule has 0 saturated heterocycles. The van der Waals surface area contributed by atoms with Gasteiger partial charge < -0.3 is 10.1 Å². The molecule has 1 aromatic heterocycles. The van der Waals surface area contributed by atoms with Crippen LogP contribution in [0.5, 0.6) is 0 Å². The summed E-state index contributed by atoms with van der Waals surface area (Å²) < 4.78 is 30.4. The second-order valence-electron chi connectivity index (χ2n) is 4.38. The maximum Gasteiger partial charge on any atom is 0.341 e. The Kier molecular flexibility index (Phi) is 3.89. The van der Waals surface area contributed by atoms with Crippen LogP contribution in [0.2, 0.25) is 5.15 Å². The molecule has 104 valence electrons. The Hall–Kier alpha value is -1.43. The molecule has 0 aliphatic heterocycles. The number of carbonyl (C=O) groups is 1. The van der Waals surface area contributed by atoms with E-state index in [4.69, 9.17) is 16.3 Å². The summed E-state index contributed by atoms with van der Waals surface area (Å²) in [7, 11) is 0. The van der Waals surface area contributed by atoms with Crippen molar-refractivity contribution in [3.05, 3.63) is 23.0 Å². The van der Waals surface area contributed by atoms with E-state index in [1.54, 1.807) is 6.92 Å². The summed E-state index contributed by atoms with van der Waals surface area (Å²) in [6.07, 6.45) is 0.768. The highest BCUT2D eigenvalue weighted by Crippen LogP contribution is 2.39. The minimum absolute atomic E-state index is 0.182. The summed E-state index contributed by atoms with van der Waals surface area (Å²) in [5.41, 5.74) is 0.570. The molecule has 0 bridgehead atoms. The van der Waals surface area contributed by atoms with Crippen LogP contribution in [0.25, 0.3) is 0 Å². The smallest absolute Gasteiger partial charge is 0.341 e. The predicted molar refractivity (Wildman–Crippen MR) is 66.8 cm³/mol. The number of carbonyl (C=O) groups excluding carboxylic acids is 1. The van der Waals surface area contributed by atoms with Crippen molar-refractivity contribution in [1.82, 2.24) is 4.98 Å². The molecule has 0 atom stereocenters. The van der Waals surface area contributed by atoms with Crippen LogP contribution in [-0.2, 0) is 4.74 Å². The van der Waals surface area contributed by atoms with Crippen LogP contribution < -0.4 is 5.32 Å². The Morgan fingerprint density at radius 3 is 2.89 bits per heavy atom. The Bertz CT molecular complexity index is 489. The number of aromatic nitrogens is 1. The van der Waals surface area contributed by atoms with Gasteiger partial charge in [-0.05, 0) is 13.0 Å². The molecule has 1 N–H and O–H groups in total. The second-order valence-corrected chi connectivity index (χ2v) is 4.77. The van der Waals surface area contributed by atoms with Crippen LogP contribution in [0.3, 0.4) is 0 Å². The lowest BCUT2D eigenvalue weighted by Gasteiger charge is -2.36. The first-order valence-corrected chi connectivity index (χ1v) is 6.26. The summed E-state index contributed by atoms with van der Waals surface area (Å²) in [5.74, 6) is -3.18. The number of hydrogen-bond donors (Lipinski definition) is 1. The third kappa shape index (κ3) is 3.32. The highest BCUT2D eigenvalue weighted by molar-refractivity contribution is 6.29. The number of halogens is 3. The molecule has 1 aliphatic rings. The number of nitrogens with zero attached hydrogens (tertiary/aromatic N) is 1. The summed E-state index contributed by atoms with van der Waals surface area (Å²) in [4.78, 5) is 15.5. The van der Waals surface area contributed by atoms with Gasteiger partial charge in [-0.25, -0.2) is 18.6 Å². The van der Waals surface area contributed by atoms with E-state index in [-0.39, 0.29) is 36.2 Å². The lowest BCUT2D eigenvalue weighted by Crippen LogP contribution is -2.44. The molecule has 19 heavy (non-hydrogen) atoms. The van der Waals surface area contributed by atoms with Gasteiger partial charge in [0.25, 0.3) is 5.92 Å². The van der Waals surface area contributed by atoms with Gasteiger partial charge in [-0.15, -0.1) is 0 Å². The van der Waals surface area contributed by atoms with Crippen molar-refractivity contribution in [1.29, 1.82) is 0 Å². The fourth-order valence-corrected chi connectivity index (χ4v) is 2.06. The second kappa shape index (κ2) is 5.28. The van der Waals surface area contributed by atoms with Gasteiger partial charge in [-0.3, -0.25) is 0 Å². The molecule has 0 spiro atoms. The zero-order valence-corrected chi connectivity index (χ0v) is 11.0. The average Bonchev–Trinajstić information content (AvgIpc) is 2.27. The highest BCUT2D eigenvalue weighted by Gasteiger charge is 2.45. The number of rotatable bonds is 4. The van der Waals surface area contributed by atoms with Gasteiger partial charge in [0.05, 0.1) is 12.3 Å². The Balaban J connectivity index is 2.14. The van der Waals surface area contributed by atoms with E-state index in [0.717, 1.165) is 0 Å². The number of nitrogens with one attached hydrogen (secondary N) is 1. The molecule has 1 heterocycles. The molecular formula is C12H13ClF2N2O2. The van der Waals surface area contributed by atoms with Gasteiger partial charge >= 0.3 is 5.97 Å². The summed E-state index contributed by atoms with van der Waals surface area (Å²) >= 11 is 5.75. The number of anilines is 1. The monoisotopic (exact) mass is 290 g/mol. The minimum Gasteiger partial charge on any atom is -0.462 e. The number of pyridine rings is 1. The van der Waals surface area contributed by atoms with Crippen molar-refractivity contribution in [3.8, 4) is 0 Å². The minimum atomic E-state index is -2.63. The third-order valence-electron chi connectivity index (χ3n) is 2.82. The van der Waals surface area contributed by atoms with E-state index in [9.17, 15) is 13.6 Å². The van der Waals surface area contributed by atoms with Crippen molar-refractivity contribution in [3.63, 3.8) is 0 Å². The Morgan fingerprint density at radius 1 is 1.63 bits per heavy atom. The number of esters is 1. The molecule has 1 aromatic rings. The molecule has 0 unspecified atom stereocenters. The third-order valence-corrected chi connectivity index (χ3v) is 3.02. The zero-order valence-electron chi connectivity index (χ0n) is 10.3. The fraction of sp³-hybridized carbons (Fsp3) is 0.500. The van der Waals surface area contributed by atoms with E-state index in [1.165, 1.54) is 12.3 Å². The van der Waals surface area contributed by atoms with Crippen molar-refractivity contribution in [2.75, 3.05) is 11.9 Å². The largest absolute Gasteiger partial charge is 0.462 e. The van der Waals surface area contributed by atoms with Crippen molar-refractivity contribution < 1.29 is 18.3 Å². The predicted octanol–water partition coefficient (Wildman–Crippen LogP) is 3.12. The zero-order chi connectivity index (χ0) is 14.0. The molecule has 0 aromatic carbocycles. The molecule has 1 saturated carbocycles. The first-order chi connectivity index (χ1) is 8.91. The van der Waals surface area contributed by atoms with Crippen LogP contribution in [0, 0.1) is 0 Å². The van der Waals surface area contributed by atoms with Gasteiger partial charge in [0.15, 0.2) is 0 Å². The van der Waals surface area contributed by atoms with Crippen molar-refractivity contribution in [2.45, 2.75) is 31.7 Å². The number of hydrogen-bond acceptors (Lipinski definition) is 4. The van der Waals surface area contributed by atoms with Gasteiger partial charge in [-0.1, -0.05) is 11.6 Å². The molecule has 7 heteroatoms. The van der Waals surface area contributed by atoms with E-state index in [0.29, 0.717) is 5.69 Å². The van der Waals surface area contributed by atoms with Crippen LogP contribution in [0.4, 0.5) is 14.5 Å². The number of ether oxygens (including phenoxy) is 1. The topological polar surface area (TPSA) is 51.2 Å². The molecule has 0 radical (unpaired) electrons. The standard InChI is InChI=1S/C12H13ClF2N2O2/c1-2-19-11(18)8-6-16-10(13)3-9(8)17-7-4-12(14,15)5-7/h3,6-7H,2,4-5H2,1H3,(H,16,17). The van der Waals surface area contributed by atoms with Crippen LogP contribution in [0.1, 0.15) is 30.1 Å². The van der Waals surface area contributed by atoms with Crippen LogP contribution >= 0.6 is 11.6 Å². The van der Waals surface area contributed by atoms with Crippen molar-refractivity contribution in [2.24, 2.45) is 0 Å². The van der Waals surface area contributed by atoms with Gasteiger partial charge in [0.1, 0.15) is 10.7 Å². The molecular weight excluding hydrogens is 278 g/mol. The summed E-state index contributed by atoms with van der Waals surface area (Å²) in [6.45, 7) is 1.91. The lowest BCUT2D eigenvalue weighted by atomic mass is 9.88. The highest BCUT2D eigenvalue weighted by atomic mass is 35.5. The molecule has 1 fully saturated rings. The maximum atomic E-state index is 12.8. The average molecular weight is 291 g/mol. The number of alkyl halides is 2. The Labute approximate surface area is 114 Å².